The average Bonchev–Trinajstić information content (AvgIpc) is 2.75. The number of benzene rings is 2. The molecular weight excluding hydrogens is 488 g/mol. The Labute approximate surface area is 193 Å². The number of amides is 4. The second kappa shape index (κ2) is 9.53. The molecule has 3 rings (SSSR count). The van der Waals surface area contributed by atoms with Gasteiger partial charge in [-0.2, -0.15) is 0 Å². The Bertz CT molecular complexity index is 1060. The summed E-state index contributed by atoms with van der Waals surface area (Å²) in [6.07, 6.45) is 1.43. The van der Waals surface area contributed by atoms with E-state index >= 15 is 0 Å². The molecule has 162 valence electrons. The molecule has 1 saturated heterocycles. The van der Waals surface area contributed by atoms with Crippen LogP contribution in [0.25, 0.3) is 6.08 Å². The van der Waals surface area contributed by atoms with E-state index in [4.69, 9.17) is 21.1 Å². The lowest BCUT2D eigenvalue weighted by Gasteiger charge is -2.28. The zero-order chi connectivity index (χ0) is 22.7. The smallest absolute Gasteiger partial charge is 0.333 e. The van der Waals surface area contributed by atoms with Crippen LogP contribution in [-0.4, -0.2) is 48.3 Å². The van der Waals surface area contributed by atoms with Gasteiger partial charge in [0.2, 0.25) is 0 Å². The van der Waals surface area contributed by atoms with E-state index in [1.54, 1.807) is 18.2 Å². The zero-order valence-electron chi connectivity index (χ0n) is 17.1. The molecule has 2 aromatic carbocycles. The first-order valence-corrected chi connectivity index (χ1v) is 10.6. The van der Waals surface area contributed by atoms with Gasteiger partial charge >= 0.3 is 6.03 Å². The Morgan fingerprint density at radius 3 is 2.29 bits per heavy atom. The average molecular weight is 508 g/mol. The summed E-state index contributed by atoms with van der Waals surface area (Å²) in [6, 6.07) is 10.1. The molecular formula is C22H20BrClN2O5. The highest BCUT2D eigenvalue weighted by atomic mass is 79.9. The molecule has 1 aliphatic heterocycles. The van der Waals surface area contributed by atoms with Crippen molar-refractivity contribution in [2.75, 3.05) is 20.7 Å². The van der Waals surface area contributed by atoms with E-state index in [0.717, 1.165) is 15.4 Å². The first kappa shape index (κ1) is 22.8. The molecule has 0 unspecified atom stereocenters. The minimum Gasteiger partial charge on any atom is -0.490 e. The lowest BCUT2D eigenvalue weighted by atomic mass is 10.1. The molecule has 1 fully saturated rings. The molecule has 0 aliphatic carbocycles. The van der Waals surface area contributed by atoms with Crippen molar-refractivity contribution in [1.82, 2.24) is 9.80 Å². The highest BCUT2D eigenvalue weighted by Gasteiger charge is 2.37. The fourth-order valence-corrected chi connectivity index (χ4v) is 3.75. The number of likely N-dealkylation sites (N-methyl/N-ethyl adjacent to an activating group) is 2. The van der Waals surface area contributed by atoms with Gasteiger partial charge in [0.25, 0.3) is 11.8 Å². The quantitative estimate of drug-likeness (QED) is 0.425. The van der Waals surface area contributed by atoms with Crippen LogP contribution in [0, 0.1) is 0 Å². The highest BCUT2D eigenvalue weighted by molar-refractivity contribution is 9.10. The molecule has 1 heterocycles. The number of carbonyl (C=O) groups is 3. The van der Waals surface area contributed by atoms with Crippen molar-refractivity contribution < 1.29 is 23.9 Å². The molecule has 0 saturated carbocycles. The van der Waals surface area contributed by atoms with E-state index < -0.39 is 17.8 Å². The predicted octanol–water partition coefficient (Wildman–Crippen LogP) is 4.51. The Kier molecular flexibility index (Phi) is 7.02. The minimum absolute atomic E-state index is 0.122. The first-order valence-electron chi connectivity index (χ1n) is 9.38. The van der Waals surface area contributed by atoms with Crippen LogP contribution >= 0.6 is 27.5 Å². The van der Waals surface area contributed by atoms with Gasteiger partial charge in [-0.15, -0.1) is 0 Å². The Balaban J connectivity index is 1.95. The Hall–Kier alpha value is -2.84. The molecule has 0 bridgehead atoms. The van der Waals surface area contributed by atoms with Gasteiger partial charge in [-0.05, 0) is 52.7 Å². The maximum atomic E-state index is 12.5. The summed E-state index contributed by atoms with van der Waals surface area (Å²) in [4.78, 5) is 38.6. The van der Waals surface area contributed by atoms with Gasteiger partial charge in [-0.1, -0.05) is 29.8 Å². The van der Waals surface area contributed by atoms with Crippen molar-refractivity contribution in [1.29, 1.82) is 0 Å². The van der Waals surface area contributed by atoms with Crippen molar-refractivity contribution in [3.63, 3.8) is 0 Å². The summed E-state index contributed by atoms with van der Waals surface area (Å²) in [5, 5.41) is 0.593. The number of imide groups is 2. The molecule has 4 amide bonds. The van der Waals surface area contributed by atoms with Crippen LogP contribution in [0.3, 0.4) is 0 Å². The highest BCUT2D eigenvalue weighted by Crippen LogP contribution is 2.38. The monoisotopic (exact) mass is 506 g/mol. The predicted molar refractivity (Wildman–Crippen MR) is 120 cm³/mol. The number of barbiturate groups is 1. The van der Waals surface area contributed by atoms with E-state index in [9.17, 15) is 14.4 Å². The van der Waals surface area contributed by atoms with Crippen LogP contribution < -0.4 is 9.47 Å². The van der Waals surface area contributed by atoms with Crippen molar-refractivity contribution in [2.24, 2.45) is 0 Å². The van der Waals surface area contributed by atoms with Crippen molar-refractivity contribution in [2.45, 2.75) is 13.5 Å². The molecule has 0 radical (unpaired) electrons. The number of urea groups is 1. The van der Waals surface area contributed by atoms with Crippen LogP contribution in [0.1, 0.15) is 18.1 Å². The summed E-state index contributed by atoms with van der Waals surface area (Å²) in [5.74, 6) is -0.429. The Morgan fingerprint density at radius 2 is 1.68 bits per heavy atom. The van der Waals surface area contributed by atoms with Crippen LogP contribution in [0.2, 0.25) is 5.02 Å². The van der Waals surface area contributed by atoms with Crippen molar-refractivity contribution in [3.8, 4) is 11.5 Å². The molecule has 31 heavy (non-hydrogen) atoms. The number of hydrogen-bond acceptors (Lipinski definition) is 5. The van der Waals surface area contributed by atoms with Gasteiger partial charge in [-0.25, -0.2) is 4.79 Å². The molecule has 0 spiro atoms. The van der Waals surface area contributed by atoms with E-state index in [-0.39, 0.29) is 12.2 Å². The minimum atomic E-state index is -0.674. The standard InChI is InChI=1S/C22H20BrClN2O5/c1-4-30-18-11-13(9-15-20(27)25(2)22(29)26(3)21(15)28)10-16(23)19(18)31-12-14-7-5-6-8-17(14)24/h5-11H,4,12H2,1-3H3. The van der Waals surface area contributed by atoms with E-state index in [2.05, 4.69) is 15.9 Å². The molecule has 7 nitrogen and oxygen atoms in total. The molecule has 0 atom stereocenters. The third-order valence-electron chi connectivity index (χ3n) is 4.62. The lowest BCUT2D eigenvalue weighted by molar-refractivity contribution is -0.134. The lowest BCUT2D eigenvalue weighted by Crippen LogP contribution is -2.52. The van der Waals surface area contributed by atoms with E-state index in [1.165, 1.54) is 20.2 Å². The van der Waals surface area contributed by atoms with Gasteiger partial charge in [0.15, 0.2) is 11.5 Å². The molecule has 9 heteroatoms. The summed E-state index contributed by atoms with van der Waals surface area (Å²) in [5.41, 5.74) is 1.23. The maximum absolute atomic E-state index is 12.5. The van der Waals surface area contributed by atoms with Crippen LogP contribution in [0.5, 0.6) is 11.5 Å². The number of ether oxygens (including phenoxy) is 2. The van der Waals surface area contributed by atoms with Gasteiger partial charge in [0, 0.05) is 24.7 Å². The van der Waals surface area contributed by atoms with Crippen molar-refractivity contribution in [3.05, 3.63) is 62.6 Å². The second-order valence-electron chi connectivity index (χ2n) is 6.71. The third kappa shape index (κ3) is 4.75. The first-order chi connectivity index (χ1) is 14.7. The second-order valence-corrected chi connectivity index (χ2v) is 7.97. The van der Waals surface area contributed by atoms with Crippen LogP contribution in [0.4, 0.5) is 4.79 Å². The fraction of sp³-hybridized carbons (Fsp3) is 0.227. The largest absolute Gasteiger partial charge is 0.490 e. The van der Waals surface area contributed by atoms with Crippen LogP contribution in [-0.2, 0) is 16.2 Å². The maximum Gasteiger partial charge on any atom is 0.333 e. The van der Waals surface area contributed by atoms with E-state index in [1.807, 2.05) is 25.1 Å². The Morgan fingerprint density at radius 1 is 1.03 bits per heavy atom. The van der Waals surface area contributed by atoms with Gasteiger partial charge in [-0.3, -0.25) is 19.4 Å². The fourth-order valence-electron chi connectivity index (χ4n) is 2.98. The van der Waals surface area contributed by atoms with Gasteiger partial charge in [0.05, 0.1) is 11.1 Å². The summed E-state index contributed by atoms with van der Waals surface area (Å²) >= 11 is 9.68. The molecule has 2 aromatic rings. The third-order valence-corrected chi connectivity index (χ3v) is 5.57. The number of halogens is 2. The van der Waals surface area contributed by atoms with Gasteiger partial charge in [0.1, 0.15) is 12.2 Å². The summed E-state index contributed by atoms with van der Waals surface area (Å²) < 4.78 is 12.2. The number of rotatable bonds is 6. The number of nitrogens with zero attached hydrogens (tertiary/aromatic N) is 2. The SMILES string of the molecule is CCOc1cc(C=C2C(=O)N(C)C(=O)N(C)C2=O)cc(Br)c1OCc1ccccc1Cl. The summed E-state index contributed by atoms with van der Waals surface area (Å²) in [7, 11) is 2.66. The van der Waals surface area contributed by atoms with Crippen molar-refractivity contribution >= 4 is 51.5 Å². The molecule has 0 aromatic heterocycles. The summed E-state index contributed by atoms with van der Waals surface area (Å²) in [6.45, 7) is 2.45. The normalized spacial score (nSPS) is 14.2. The van der Waals surface area contributed by atoms with Gasteiger partial charge < -0.3 is 9.47 Å². The van der Waals surface area contributed by atoms with E-state index in [0.29, 0.717) is 33.2 Å². The number of hydrogen-bond donors (Lipinski definition) is 0. The molecule has 0 N–H and O–H groups in total. The zero-order valence-corrected chi connectivity index (χ0v) is 19.5. The number of carbonyl (C=O) groups excluding carboxylic acids is 3. The topological polar surface area (TPSA) is 76.2 Å². The molecule has 1 aliphatic rings. The van der Waals surface area contributed by atoms with Crippen LogP contribution in [0.15, 0.2) is 46.4 Å².